The lowest BCUT2D eigenvalue weighted by Gasteiger charge is -2.06. The molecule has 3 rings (SSSR count). The van der Waals surface area contributed by atoms with Crippen molar-refractivity contribution < 1.29 is 9.18 Å². The van der Waals surface area contributed by atoms with Crippen molar-refractivity contribution in [1.82, 2.24) is 14.3 Å². The molecule has 1 aromatic carbocycles. The summed E-state index contributed by atoms with van der Waals surface area (Å²) in [7, 11) is 0. The van der Waals surface area contributed by atoms with Crippen LogP contribution in [-0.4, -0.2) is 20.3 Å². The van der Waals surface area contributed by atoms with E-state index in [1.807, 2.05) is 0 Å². The molecule has 1 aliphatic rings. The number of halogens is 2. The van der Waals surface area contributed by atoms with Crippen LogP contribution in [0.5, 0.6) is 0 Å². The summed E-state index contributed by atoms with van der Waals surface area (Å²) >= 11 is 5.87. The Morgan fingerprint density at radius 2 is 2.17 bits per heavy atom. The number of hydrogen-bond donors (Lipinski definition) is 1. The van der Waals surface area contributed by atoms with Gasteiger partial charge in [-0.25, -0.2) is 13.9 Å². The number of fused-ring (bicyclic) bond motifs is 1. The number of rotatable bonds is 3. The van der Waals surface area contributed by atoms with Gasteiger partial charge in [0.05, 0.1) is 10.7 Å². The number of aryl methyl sites for hydroxylation is 1. The number of nitrogens with zero attached hydrogens (tertiary/aromatic N) is 3. The lowest BCUT2D eigenvalue weighted by atomic mass is 10.2. The number of aromatic nitrogens is 3. The molecule has 0 saturated carbocycles. The Hall–Kier alpha value is -2.15. The fraction of sp³-hybridized carbons (Fsp3) is 0.400. The second-order valence-corrected chi connectivity index (χ2v) is 5.90. The fourth-order valence-electron chi connectivity index (χ4n) is 2.64. The van der Waals surface area contributed by atoms with Crippen LogP contribution in [0.15, 0.2) is 23.0 Å². The van der Waals surface area contributed by atoms with E-state index in [2.05, 4.69) is 10.4 Å². The predicted molar refractivity (Wildman–Crippen MR) is 84.1 cm³/mol. The van der Waals surface area contributed by atoms with E-state index in [0.717, 1.165) is 42.3 Å². The molecule has 0 aliphatic carbocycles. The number of nitrogens with one attached hydrogen (secondary N) is 1. The molecule has 1 amide bonds. The van der Waals surface area contributed by atoms with Gasteiger partial charge in [-0.2, -0.15) is 5.10 Å². The lowest BCUT2D eigenvalue weighted by Crippen LogP contribution is -2.30. The van der Waals surface area contributed by atoms with Crippen molar-refractivity contribution in [3.8, 4) is 0 Å². The summed E-state index contributed by atoms with van der Waals surface area (Å²) in [6.45, 7) is 0.437. The second kappa shape index (κ2) is 6.54. The van der Waals surface area contributed by atoms with Crippen molar-refractivity contribution in [2.45, 2.75) is 38.8 Å². The normalized spacial score (nSPS) is 14.2. The monoisotopic (exact) mass is 338 g/mol. The Morgan fingerprint density at radius 1 is 1.35 bits per heavy atom. The molecule has 2 aromatic rings. The number of carbonyl (C=O) groups is 1. The van der Waals surface area contributed by atoms with Gasteiger partial charge in [-0.1, -0.05) is 18.0 Å². The Bertz CT molecular complexity index is 799. The van der Waals surface area contributed by atoms with Crippen LogP contribution < -0.4 is 11.0 Å². The first-order chi connectivity index (χ1) is 11.0. The maximum absolute atomic E-state index is 13.0. The molecule has 6 nitrogen and oxygen atoms in total. The first-order valence-electron chi connectivity index (χ1n) is 7.46. The van der Waals surface area contributed by atoms with Gasteiger partial charge >= 0.3 is 5.69 Å². The highest BCUT2D eigenvalue weighted by molar-refractivity contribution is 6.33. The number of amides is 1. The van der Waals surface area contributed by atoms with Crippen molar-refractivity contribution in [3.05, 3.63) is 45.3 Å². The largest absolute Gasteiger partial charge is 0.346 e. The maximum atomic E-state index is 13.0. The lowest BCUT2D eigenvalue weighted by molar-refractivity contribution is -0.117. The minimum absolute atomic E-state index is 0.103. The Morgan fingerprint density at radius 3 is 2.96 bits per heavy atom. The van der Waals surface area contributed by atoms with E-state index in [1.54, 1.807) is 4.57 Å². The quantitative estimate of drug-likeness (QED) is 0.932. The highest BCUT2D eigenvalue weighted by atomic mass is 35.5. The summed E-state index contributed by atoms with van der Waals surface area (Å²) in [5.41, 5.74) is 0.0224. The molecule has 0 unspecified atom stereocenters. The Labute approximate surface area is 136 Å². The van der Waals surface area contributed by atoms with Crippen molar-refractivity contribution in [1.29, 1.82) is 0 Å². The molecule has 1 N–H and O–H groups in total. The fourth-order valence-corrected chi connectivity index (χ4v) is 2.86. The van der Waals surface area contributed by atoms with Gasteiger partial charge in [0.25, 0.3) is 0 Å². The van der Waals surface area contributed by atoms with Crippen molar-refractivity contribution in [2.24, 2.45) is 0 Å². The number of carbonyl (C=O) groups excluding carboxylic acids is 1. The van der Waals surface area contributed by atoms with E-state index < -0.39 is 11.7 Å². The standard InChI is InChI=1S/C15H16ClFN4O2/c16-11-8-10(17)5-6-12(11)18-14(22)9-21-15(23)20-7-3-1-2-4-13(20)19-21/h5-6,8H,1-4,7,9H2,(H,18,22). The number of anilines is 1. The third-order valence-electron chi connectivity index (χ3n) is 3.78. The molecule has 1 aromatic heterocycles. The first kappa shape index (κ1) is 15.7. The van der Waals surface area contributed by atoms with E-state index in [1.165, 1.54) is 12.1 Å². The minimum Gasteiger partial charge on any atom is -0.323 e. The summed E-state index contributed by atoms with van der Waals surface area (Å²) in [6.07, 6.45) is 3.75. The van der Waals surface area contributed by atoms with E-state index in [4.69, 9.17) is 11.6 Å². The smallest absolute Gasteiger partial charge is 0.323 e. The zero-order valence-electron chi connectivity index (χ0n) is 12.4. The zero-order chi connectivity index (χ0) is 16.4. The molecule has 1 aliphatic heterocycles. The van der Waals surface area contributed by atoms with Crippen LogP contribution in [0.1, 0.15) is 25.1 Å². The second-order valence-electron chi connectivity index (χ2n) is 5.49. The molecule has 2 heterocycles. The third kappa shape index (κ3) is 3.44. The van der Waals surface area contributed by atoms with E-state index in [9.17, 15) is 14.0 Å². The number of benzene rings is 1. The molecule has 0 spiro atoms. The van der Waals surface area contributed by atoms with Crippen LogP contribution in [0.4, 0.5) is 10.1 Å². The molecule has 122 valence electrons. The summed E-state index contributed by atoms with van der Waals surface area (Å²) in [5.74, 6) is -0.198. The molecule has 0 bridgehead atoms. The van der Waals surface area contributed by atoms with Gasteiger partial charge in [0, 0.05) is 13.0 Å². The zero-order valence-corrected chi connectivity index (χ0v) is 13.1. The van der Waals surface area contributed by atoms with E-state index >= 15 is 0 Å². The van der Waals surface area contributed by atoms with Crippen molar-refractivity contribution in [3.63, 3.8) is 0 Å². The van der Waals surface area contributed by atoms with Crippen LogP contribution >= 0.6 is 11.6 Å². The van der Waals surface area contributed by atoms with Gasteiger partial charge in [0.1, 0.15) is 18.2 Å². The van der Waals surface area contributed by atoms with Crippen molar-refractivity contribution in [2.75, 3.05) is 5.32 Å². The Balaban J connectivity index is 1.74. The highest BCUT2D eigenvalue weighted by Gasteiger charge is 2.17. The van der Waals surface area contributed by atoms with Gasteiger partial charge in [-0.05, 0) is 31.0 Å². The van der Waals surface area contributed by atoms with Crippen LogP contribution in [0.3, 0.4) is 0 Å². The third-order valence-corrected chi connectivity index (χ3v) is 4.09. The van der Waals surface area contributed by atoms with Crippen LogP contribution in [0.25, 0.3) is 0 Å². The molecule has 0 saturated heterocycles. The van der Waals surface area contributed by atoms with Gasteiger partial charge < -0.3 is 5.32 Å². The van der Waals surface area contributed by atoms with Crippen molar-refractivity contribution >= 4 is 23.2 Å². The SMILES string of the molecule is O=C(Cn1nc2n(c1=O)CCCCC2)Nc1ccc(F)cc1Cl. The van der Waals surface area contributed by atoms with Gasteiger partial charge in [-0.3, -0.25) is 9.36 Å². The summed E-state index contributed by atoms with van der Waals surface area (Å²) in [5, 5.41) is 6.90. The van der Waals surface area contributed by atoms with Crippen LogP contribution in [0, 0.1) is 5.82 Å². The average molecular weight is 339 g/mol. The van der Waals surface area contributed by atoms with E-state index in [-0.39, 0.29) is 17.3 Å². The summed E-state index contributed by atoms with van der Waals surface area (Å²) < 4.78 is 15.8. The molecular formula is C15H16ClFN4O2. The summed E-state index contributed by atoms with van der Waals surface area (Å²) in [4.78, 5) is 24.4. The first-order valence-corrected chi connectivity index (χ1v) is 7.84. The molecule has 0 atom stereocenters. The van der Waals surface area contributed by atoms with E-state index in [0.29, 0.717) is 12.2 Å². The van der Waals surface area contributed by atoms with Crippen LogP contribution in [0.2, 0.25) is 5.02 Å². The highest BCUT2D eigenvalue weighted by Crippen LogP contribution is 2.22. The molecule has 23 heavy (non-hydrogen) atoms. The van der Waals surface area contributed by atoms with Crippen LogP contribution in [-0.2, 0) is 24.3 Å². The molecule has 0 fully saturated rings. The molecular weight excluding hydrogens is 323 g/mol. The minimum atomic E-state index is -0.484. The van der Waals surface area contributed by atoms with Gasteiger partial charge in [0.15, 0.2) is 0 Å². The maximum Gasteiger partial charge on any atom is 0.346 e. The topological polar surface area (TPSA) is 68.9 Å². The molecule has 8 heteroatoms. The average Bonchev–Trinajstić information content (AvgIpc) is 2.68. The van der Waals surface area contributed by atoms with Gasteiger partial charge in [-0.15, -0.1) is 0 Å². The Kier molecular flexibility index (Phi) is 4.47. The predicted octanol–water partition coefficient (Wildman–Crippen LogP) is 2.20. The summed E-state index contributed by atoms with van der Waals surface area (Å²) in [6, 6.07) is 3.69. The van der Waals surface area contributed by atoms with Gasteiger partial charge in [0.2, 0.25) is 5.91 Å². The molecule has 0 radical (unpaired) electrons. The number of hydrogen-bond acceptors (Lipinski definition) is 3.